The second-order valence-corrected chi connectivity index (χ2v) is 16.1. The first-order chi connectivity index (χ1) is 27.7. The molecule has 0 aliphatic carbocycles. The van der Waals surface area contributed by atoms with Gasteiger partial charge in [-0.1, -0.05) is 12.0 Å². The van der Waals surface area contributed by atoms with Crippen molar-refractivity contribution < 1.29 is 41.3 Å². The van der Waals surface area contributed by atoms with Crippen LogP contribution in [0.1, 0.15) is 82.9 Å². The van der Waals surface area contributed by atoms with Gasteiger partial charge < -0.3 is 14.6 Å². The maximum absolute atomic E-state index is 17.3. The molecule has 0 unspecified atom stereocenters. The Balaban J connectivity index is 1.25. The Morgan fingerprint density at radius 3 is 2.45 bits per heavy atom. The number of fused-ring (bicyclic) bond motifs is 3. The molecule has 0 radical (unpaired) electrons. The molecular weight excluding hydrogens is 760 g/mol. The van der Waals surface area contributed by atoms with E-state index < -0.39 is 52.4 Å². The van der Waals surface area contributed by atoms with Crippen LogP contribution >= 0.6 is 0 Å². The number of ether oxygens (including phenoxy) is 2. The third-order valence-corrected chi connectivity index (χ3v) is 11.2. The van der Waals surface area contributed by atoms with Gasteiger partial charge in [-0.25, -0.2) is 31.8 Å². The number of aromatic hydroxyl groups is 1. The third-order valence-electron chi connectivity index (χ3n) is 11.2. The maximum atomic E-state index is 17.3. The number of anilines is 1. The molecule has 302 valence electrons. The van der Waals surface area contributed by atoms with Crippen molar-refractivity contribution in [1.82, 2.24) is 24.9 Å². The molecule has 1 N–H and O–H groups in total. The molecule has 3 aliphatic rings. The van der Waals surface area contributed by atoms with Crippen LogP contribution in [0.5, 0.6) is 11.8 Å². The number of halogens is 5. The van der Waals surface area contributed by atoms with E-state index in [2.05, 4.69) is 20.8 Å². The van der Waals surface area contributed by atoms with E-state index >= 15 is 8.78 Å². The van der Waals surface area contributed by atoms with Crippen LogP contribution in [0.25, 0.3) is 32.9 Å². The van der Waals surface area contributed by atoms with E-state index in [0.29, 0.717) is 56.1 Å². The van der Waals surface area contributed by atoms with Gasteiger partial charge in [-0.15, -0.1) is 6.42 Å². The van der Waals surface area contributed by atoms with Crippen molar-refractivity contribution in [1.29, 1.82) is 0 Å². The maximum Gasteiger partial charge on any atom is 0.429 e. The molecule has 0 spiro atoms. The Hall–Kier alpha value is -5.75. The Kier molecular flexibility index (Phi) is 10.0. The van der Waals surface area contributed by atoms with Crippen molar-refractivity contribution in [2.45, 2.75) is 82.9 Å². The first-order valence-corrected chi connectivity index (χ1v) is 19.3. The van der Waals surface area contributed by atoms with Gasteiger partial charge in [0.25, 0.3) is 0 Å². The lowest BCUT2D eigenvalue weighted by atomic mass is 9.95. The highest BCUT2D eigenvalue weighted by atomic mass is 19.2. The van der Waals surface area contributed by atoms with E-state index in [4.69, 9.17) is 20.9 Å². The molecule has 3 saturated heterocycles. The van der Waals surface area contributed by atoms with E-state index in [-0.39, 0.29) is 63.8 Å². The van der Waals surface area contributed by atoms with Gasteiger partial charge in [-0.2, -0.15) is 9.97 Å². The molecule has 5 heterocycles. The molecule has 3 fully saturated rings. The molecular formula is C43H41F5N6O4. The highest BCUT2D eigenvalue weighted by Crippen LogP contribution is 2.49. The number of carbonyl (C=O) groups is 1. The van der Waals surface area contributed by atoms with E-state index in [9.17, 15) is 23.1 Å². The zero-order chi connectivity index (χ0) is 41.1. The standard InChI is InChI=1S/C43H41F5N6O4/c1-5-27-30(44)11-10-24-18-26(55)21-28(34(24)27)37-36(48)38-29(22-49-37)39(53-16-7-6-8-17-54(53)41(56)58-42(2,3)4)51-40(50-38)57-23-43-13-9-15-52(43)33(12-14-43)25-19-31(45)35(47)32(46)20-25/h1,10-11,18-22,33,55H,6-9,12-17,23H2,2-4H3/t33-,43-/m1/s1. The number of aromatic nitrogens is 3. The normalized spacial score (nSPS) is 20.0. The SMILES string of the molecule is C#Cc1c(F)ccc2cc(O)cc(-c3ncc4c(N5CCCCCN5C(=O)OC(C)(C)C)nc(OC[C@]56CCCN5[C@@H](c5cc(F)c(F)c(F)c5)CC6)nc4c3F)c12. The van der Waals surface area contributed by atoms with Crippen molar-refractivity contribution in [3.8, 4) is 35.4 Å². The summed E-state index contributed by atoms with van der Waals surface area (Å²) >= 11 is 0. The number of amides is 1. The number of nitrogens with zero attached hydrogens (tertiary/aromatic N) is 6. The van der Waals surface area contributed by atoms with Gasteiger partial charge in [-0.05, 0) is 114 Å². The number of phenolic OH excluding ortho intramolecular Hbond substituents is 1. The average Bonchev–Trinajstić information content (AvgIpc) is 3.64. The predicted molar refractivity (Wildman–Crippen MR) is 206 cm³/mol. The molecule has 3 aromatic carbocycles. The van der Waals surface area contributed by atoms with Crippen molar-refractivity contribution >= 4 is 33.6 Å². The zero-order valence-electron chi connectivity index (χ0n) is 32.2. The quantitative estimate of drug-likeness (QED) is 0.102. The molecule has 10 nitrogen and oxygen atoms in total. The van der Waals surface area contributed by atoms with Crippen molar-refractivity contribution in [2.24, 2.45) is 0 Å². The number of hydrogen-bond donors (Lipinski definition) is 1. The largest absolute Gasteiger partial charge is 0.508 e. The van der Waals surface area contributed by atoms with Gasteiger partial charge in [0.1, 0.15) is 35.0 Å². The number of rotatable bonds is 6. The van der Waals surface area contributed by atoms with Crippen LogP contribution < -0.4 is 9.75 Å². The number of hydrogen-bond acceptors (Lipinski definition) is 9. The first-order valence-electron chi connectivity index (χ1n) is 19.3. The average molecular weight is 801 g/mol. The number of carbonyl (C=O) groups excluding carboxylic acids is 1. The lowest BCUT2D eigenvalue weighted by Gasteiger charge is -2.36. The minimum absolute atomic E-state index is 0.0257. The van der Waals surface area contributed by atoms with E-state index in [1.54, 1.807) is 25.8 Å². The van der Waals surface area contributed by atoms with Gasteiger partial charge in [0.05, 0.1) is 16.5 Å². The van der Waals surface area contributed by atoms with Gasteiger partial charge >= 0.3 is 12.1 Å². The molecule has 8 rings (SSSR count). The van der Waals surface area contributed by atoms with Crippen molar-refractivity contribution in [3.63, 3.8) is 0 Å². The Bertz CT molecular complexity index is 2480. The van der Waals surface area contributed by atoms with Crippen molar-refractivity contribution in [3.05, 3.63) is 82.8 Å². The Labute approximate surface area is 331 Å². The molecule has 58 heavy (non-hydrogen) atoms. The Morgan fingerprint density at radius 2 is 1.71 bits per heavy atom. The third kappa shape index (κ3) is 6.97. The fourth-order valence-electron chi connectivity index (χ4n) is 8.71. The fourth-order valence-corrected chi connectivity index (χ4v) is 8.71. The lowest BCUT2D eigenvalue weighted by Crippen LogP contribution is -2.49. The summed E-state index contributed by atoms with van der Waals surface area (Å²) in [7, 11) is 0. The summed E-state index contributed by atoms with van der Waals surface area (Å²) in [6, 6.07) is 6.67. The van der Waals surface area contributed by atoms with E-state index in [1.165, 1.54) is 35.5 Å². The van der Waals surface area contributed by atoms with Gasteiger partial charge in [0.15, 0.2) is 29.1 Å². The van der Waals surface area contributed by atoms with Gasteiger partial charge in [0.2, 0.25) is 0 Å². The molecule has 0 bridgehead atoms. The molecule has 15 heteroatoms. The zero-order valence-corrected chi connectivity index (χ0v) is 32.2. The molecule has 1 amide bonds. The summed E-state index contributed by atoms with van der Waals surface area (Å²) in [5.41, 5.74) is -1.71. The number of terminal acetylenes is 1. The van der Waals surface area contributed by atoms with E-state index in [1.807, 2.05) is 0 Å². The number of hydrazine groups is 1. The summed E-state index contributed by atoms with van der Waals surface area (Å²) in [4.78, 5) is 29.6. The van der Waals surface area contributed by atoms with E-state index in [0.717, 1.165) is 25.0 Å². The summed E-state index contributed by atoms with van der Waals surface area (Å²) in [5, 5.41) is 14.4. The number of benzene rings is 3. The second-order valence-electron chi connectivity index (χ2n) is 16.1. The molecule has 3 aliphatic heterocycles. The number of phenols is 1. The monoisotopic (exact) mass is 800 g/mol. The van der Waals surface area contributed by atoms with Gasteiger partial charge in [-0.3, -0.25) is 14.9 Å². The summed E-state index contributed by atoms with van der Waals surface area (Å²) in [6.07, 6.45) is 11.1. The molecule has 5 aromatic rings. The van der Waals surface area contributed by atoms with Crippen LogP contribution in [0, 0.1) is 41.4 Å². The molecule has 0 saturated carbocycles. The van der Waals surface area contributed by atoms with Crippen LogP contribution in [0.4, 0.5) is 32.6 Å². The van der Waals surface area contributed by atoms with Crippen LogP contribution in [-0.2, 0) is 4.74 Å². The summed E-state index contributed by atoms with van der Waals surface area (Å²) in [5.74, 6) is -3.46. The summed E-state index contributed by atoms with van der Waals surface area (Å²) in [6.45, 7) is 6.47. The smallest absolute Gasteiger partial charge is 0.429 e. The highest BCUT2D eigenvalue weighted by Gasteiger charge is 2.50. The Morgan fingerprint density at radius 1 is 0.948 bits per heavy atom. The predicted octanol–water partition coefficient (Wildman–Crippen LogP) is 9.12. The van der Waals surface area contributed by atoms with Crippen molar-refractivity contribution in [2.75, 3.05) is 31.3 Å². The minimum Gasteiger partial charge on any atom is -0.508 e. The lowest BCUT2D eigenvalue weighted by molar-refractivity contribution is 0.0232. The molecule has 2 aromatic heterocycles. The minimum atomic E-state index is -1.52. The van der Waals surface area contributed by atoms with Crippen LogP contribution in [0.2, 0.25) is 0 Å². The fraction of sp³-hybridized carbons (Fsp3) is 0.395. The first kappa shape index (κ1) is 39.1. The van der Waals surface area contributed by atoms with Crippen LogP contribution in [-0.4, -0.2) is 73.4 Å². The highest BCUT2D eigenvalue weighted by molar-refractivity contribution is 6.03. The molecule has 2 atom stereocenters. The number of pyridine rings is 1. The van der Waals surface area contributed by atoms with Gasteiger partial charge in [0, 0.05) is 36.3 Å². The second kappa shape index (κ2) is 14.9. The summed E-state index contributed by atoms with van der Waals surface area (Å²) < 4.78 is 87.1. The van der Waals surface area contributed by atoms with Crippen LogP contribution in [0.3, 0.4) is 0 Å². The van der Waals surface area contributed by atoms with Crippen LogP contribution in [0.15, 0.2) is 42.6 Å². The topological polar surface area (TPSA) is 104 Å².